The van der Waals surface area contributed by atoms with Gasteiger partial charge in [0.05, 0.1) is 0 Å². The molecule has 1 aromatic heterocycles. The Kier molecular flexibility index (Phi) is 6.99. The maximum absolute atomic E-state index is 6.20. The van der Waals surface area contributed by atoms with Crippen LogP contribution in [0.15, 0.2) is 35.4 Å². The van der Waals surface area contributed by atoms with Crippen molar-refractivity contribution < 1.29 is 0 Å². The summed E-state index contributed by atoms with van der Waals surface area (Å²) in [4.78, 5) is 6.78. The first-order valence-electron chi connectivity index (χ1n) is 7.70. The number of hydrogen-bond donors (Lipinski definition) is 2. The van der Waals surface area contributed by atoms with Gasteiger partial charge in [0.1, 0.15) is 5.03 Å². The van der Waals surface area contributed by atoms with E-state index >= 15 is 0 Å². The van der Waals surface area contributed by atoms with E-state index in [-0.39, 0.29) is 0 Å². The molecule has 0 saturated heterocycles. The van der Waals surface area contributed by atoms with Gasteiger partial charge in [-0.2, -0.15) is 0 Å². The summed E-state index contributed by atoms with van der Waals surface area (Å²) >= 11 is 16.7. The van der Waals surface area contributed by atoms with Gasteiger partial charge in [-0.3, -0.25) is 0 Å². The molecule has 0 atom stereocenters. The van der Waals surface area contributed by atoms with Crippen molar-refractivity contribution in [3.05, 3.63) is 57.2 Å². The number of nitrogens with zero attached hydrogens (tertiary/aromatic N) is 2. The molecule has 0 fully saturated rings. The van der Waals surface area contributed by atoms with E-state index in [0.717, 1.165) is 36.3 Å². The van der Waals surface area contributed by atoms with Crippen molar-refractivity contribution in [1.82, 2.24) is 9.88 Å². The number of likely N-dealkylation sites (N-methyl/N-ethyl adjacent to an activating group) is 1. The first kappa shape index (κ1) is 19.1. The first-order chi connectivity index (χ1) is 11.4. The molecule has 0 radical (unpaired) electrons. The summed E-state index contributed by atoms with van der Waals surface area (Å²) in [6, 6.07) is 9.19. The van der Waals surface area contributed by atoms with Gasteiger partial charge in [-0.1, -0.05) is 30.1 Å². The van der Waals surface area contributed by atoms with Crippen LogP contribution in [0, 0.1) is 0 Å². The number of thiol groups is 1. The van der Waals surface area contributed by atoms with Crippen LogP contribution in [0.25, 0.3) is 11.8 Å². The third-order valence-corrected chi connectivity index (χ3v) is 4.72. The Morgan fingerprint density at radius 1 is 1.29 bits per heavy atom. The second kappa shape index (κ2) is 8.77. The zero-order valence-corrected chi connectivity index (χ0v) is 16.2. The van der Waals surface area contributed by atoms with Crippen molar-refractivity contribution >= 4 is 47.6 Å². The average molecular weight is 382 g/mol. The van der Waals surface area contributed by atoms with E-state index in [2.05, 4.69) is 36.5 Å². The zero-order valence-electron chi connectivity index (χ0n) is 13.8. The molecule has 0 aliphatic carbocycles. The molecule has 6 heteroatoms. The monoisotopic (exact) mass is 381 g/mol. The van der Waals surface area contributed by atoms with E-state index in [0.29, 0.717) is 20.8 Å². The Bertz CT molecular complexity index is 747. The minimum atomic E-state index is 0.550. The van der Waals surface area contributed by atoms with Crippen molar-refractivity contribution in [3.63, 3.8) is 0 Å². The van der Waals surface area contributed by atoms with Crippen molar-refractivity contribution in [3.8, 4) is 0 Å². The highest BCUT2D eigenvalue weighted by Crippen LogP contribution is 2.26. The number of benzene rings is 1. The van der Waals surface area contributed by atoms with Gasteiger partial charge < -0.3 is 10.6 Å². The highest BCUT2D eigenvalue weighted by atomic mass is 35.5. The molecule has 0 aliphatic heterocycles. The summed E-state index contributed by atoms with van der Waals surface area (Å²) in [6.45, 7) is 4.11. The number of halogens is 2. The molecule has 3 nitrogen and oxygen atoms in total. The third-order valence-electron chi connectivity index (χ3n) is 3.80. The molecule has 0 saturated carbocycles. The molecule has 1 heterocycles. The Labute approximate surface area is 158 Å². The molecule has 24 heavy (non-hydrogen) atoms. The SMILES string of the molecule is CCN(C)CCc1ccc(/C(N)=C/c2cc(Cl)ccc2Cl)c(S)n1. The summed E-state index contributed by atoms with van der Waals surface area (Å²) in [7, 11) is 2.09. The van der Waals surface area contributed by atoms with Crippen molar-refractivity contribution in [1.29, 1.82) is 0 Å². The first-order valence-corrected chi connectivity index (χ1v) is 8.91. The van der Waals surface area contributed by atoms with Crippen LogP contribution in [0.4, 0.5) is 0 Å². The van der Waals surface area contributed by atoms with Crippen molar-refractivity contribution in [2.45, 2.75) is 18.4 Å². The maximum Gasteiger partial charge on any atom is 0.103 e. The van der Waals surface area contributed by atoms with Crippen LogP contribution in [-0.2, 0) is 6.42 Å². The Hall–Kier alpha value is -1.20. The highest BCUT2D eigenvalue weighted by molar-refractivity contribution is 7.80. The van der Waals surface area contributed by atoms with Crippen LogP contribution in [0.5, 0.6) is 0 Å². The second-order valence-electron chi connectivity index (χ2n) is 5.59. The van der Waals surface area contributed by atoms with E-state index in [1.54, 1.807) is 24.3 Å². The molecular formula is C18H21Cl2N3S. The topological polar surface area (TPSA) is 42.1 Å². The van der Waals surface area contributed by atoms with Gasteiger partial charge in [-0.05, 0) is 55.6 Å². The lowest BCUT2D eigenvalue weighted by molar-refractivity contribution is 0.356. The van der Waals surface area contributed by atoms with Crippen LogP contribution >= 0.6 is 35.8 Å². The lowest BCUT2D eigenvalue weighted by Crippen LogP contribution is -2.20. The summed E-state index contributed by atoms with van der Waals surface area (Å²) in [5.41, 5.74) is 9.30. The maximum atomic E-state index is 6.20. The van der Waals surface area contributed by atoms with Gasteiger partial charge >= 0.3 is 0 Å². The van der Waals surface area contributed by atoms with E-state index in [9.17, 15) is 0 Å². The van der Waals surface area contributed by atoms with Gasteiger partial charge in [0.25, 0.3) is 0 Å². The van der Waals surface area contributed by atoms with Crippen LogP contribution in [0.2, 0.25) is 10.0 Å². The normalized spacial score (nSPS) is 12.0. The molecule has 1 aromatic carbocycles. The number of pyridine rings is 1. The van der Waals surface area contributed by atoms with E-state index < -0.39 is 0 Å². The van der Waals surface area contributed by atoms with Gasteiger partial charge in [0.15, 0.2) is 0 Å². The molecule has 0 unspecified atom stereocenters. The minimum absolute atomic E-state index is 0.550. The highest BCUT2D eigenvalue weighted by Gasteiger charge is 2.08. The van der Waals surface area contributed by atoms with Gasteiger partial charge in [-0.15, -0.1) is 12.6 Å². The van der Waals surface area contributed by atoms with Crippen LogP contribution in [-0.4, -0.2) is 30.0 Å². The lowest BCUT2D eigenvalue weighted by atomic mass is 10.1. The molecule has 0 aliphatic rings. The van der Waals surface area contributed by atoms with E-state index in [1.165, 1.54) is 0 Å². The molecule has 128 valence electrons. The third kappa shape index (κ3) is 5.15. The molecule has 2 rings (SSSR count). The molecular weight excluding hydrogens is 361 g/mol. The summed E-state index contributed by atoms with van der Waals surface area (Å²) in [6.07, 6.45) is 2.66. The van der Waals surface area contributed by atoms with Crippen molar-refractivity contribution in [2.75, 3.05) is 20.1 Å². The fraction of sp³-hybridized carbons (Fsp3) is 0.278. The molecule has 0 bridgehead atoms. The summed E-state index contributed by atoms with van der Waals surface area (Å²) in [5.74, 6) is 0. The van der Waals surface area contributed by atoms with Gasteiger partial charge in [-0.25, -0.2) is 4.98 Å². The number of hydrogen-bond acceptors (Lipinski definition) is 4. The summed E-state index contributed by atoms with van der Waals surface area (Å²) in [5, 5.41) is 1.81. The average Bonchev–Trinajstić information content (AvgIpc) is 2.55. The molecule has 0 amide bonds. The predicted molar refractivity (Wildman–Crippen MR) is 107 cm³/mol. The number of nitrogens with two attached hydrogens (primary N) is 1. The standard InChI is InChI=1S/C18H21Cl2N3S/c1-3-23(2)9-8-14-5-6-15(18(24)22-14)17(21)11-12-10-13(19)4-7-16(12)20/h4-7,10-11H,3,8-9,21H2,1-2H3,(H,22,24)/b17-11-. The lowest BCUT2D eigenvalue weighted by Gasteiger charge is -2.14. The fourth-order valence-corrected chi connectivity index (χ4v) is 2.87. The minimum Gasteiger partial charge on any atom is -0.398 e. The summed E-state index contributed by atoms with van der Waals surface area (Å²) < 4.78 is 0. The Morgan fingerprint density at radius 3 is 2.71 bits per heavy atom. The smallest absolute Gasteiger partial charge is 0.103 e. The van der Waals surface area contributed by atoms with Gasteiger partial charge in [0, 0.05) is 40.0 Å². The van der Waals surface area contributed by atoms with Crippen LogP contribution in [0.1, 0.15) is 23.7 Å². The largest absolute Gasteiger partial charge is 0.398 e. The zero-order chi connectivity index (χ0) is 17.7. The van der Waals surface area contributed by atoms with Crippen molar-refractivity contribution in [2.24, 2.45) is 5.73 Å². The van der Waals surface area contributed by atoms with E-state index in [4.69, 9.17) is 28.9 Å². The Morgan fingerprint density at radius 2 is 2.04 bits per heavy atom. The van der Waals surface area contributed by atoms with Crippen LogP contribution in [0.3, 0.4) is 0 Å². The number of aromatic nitrogens is 1. The molecule has 0 spiro atoms. The van der Waals surface area contributed by atoms with Gasteiger partial charge in [0.2, 0.25) is 0 Å². The second-order valence-corrected chi connectivity index (χ2v) is 6.85. The fourth-order valence-electron chi connectivity index (χ4n) is 2.19. The number of rotatable bonds is 6. The Balaban J connectivity index is 2.22. The molecule has 2 N–H and O–H groups in total. The predicted octanol–water partition coefficient (Wildman–Crippen LogP) is 4.63. The van der Waals surface area contributed by atoms with E-state index in [1.807, 2.05) is 12.1 Å². The molecule has 2 aromatic rings. The van der Waals surface area contributed by atoms with Crippen LogP contribution < -0.4 is 5.73 Å². The quantitative estimate of drug-likeness (QED) is 0.716.